The van der Waals surface area contributed by atoms with E-state index in [9.17, 15) is 14.7 Å². The Balaban J connectivity index is 1.42. The van der Waals surface area contributed by atoms with E-state index in [2.05, 4.69) is 25.8 Å². The number of fused-ring (bicyclic) bond motifs is 1. The number of hydrogen-bond acceptors (Lipinski definition) is 6. The van der Waals surface area contributed by atoms with Crippen molar-refractivity contribution in [1.29, 1.82) is 0 Å². The van der Waals surface area contributed by atoms with E-state index in [0.717, 1.165) is 28.1 Å². The van der Waals surface area contributed by atoms with Gasteiger partial charge < -0.3 is 10.4 Å². The highest BCUT2D eigenvalue weighted by Gasteiger charge is 2.31. The van der Waals surface area contributed by atoms with Gasteiger partial charge in [-0.25, -0.2) is 4.79 Å². The number of carbonyl (C=O) groups excluding carboxylic acids is 1. The molecule has 0 saturated heterocycles. The molecule has 0 saturated carbocycles. The van der Waals surface area contributed by atoms with Crippen LogP contribution < -0.4 is 5.32 Å². The number of carboxylic acids is 1. The Morgan fingerprint density at radius 3 is 2.65 bits per heavy atom. The SMILES string of the molecule is CC(C)(C)c1cc(NC(=O)C2CCc3cc(-c4cc(Cl)ccc4-n4cnnn4)cnc32)ccc1C(=O)O. The van der Waals surface area contributed by atoms with Gasteiger partial charge >= 0.3 is 5.97 Å². The number of aromatic nitrogens is 5. The first-order valence-electron chi connectivity index (χ1n) is 11.8. The summed E-state index contributed by atoms with van der Waals surface area (Å²) in [5.41, 5.74) is 5.25. The maximum atomic E-state index is 13.3. The minimum Gasteiger partial charge on any atom is -0.478 e. The Labute approximate surface area is 218 Å². The van der Waals surface area contributed by atoms with Gasteiger partial charge in [-0.05, 0) is 82.3 Å². The van der Waals surface area contributed by atoms with Crippen molar-refractivity contribution in [3.8, 4) is 16.8 Å². The summed E-state index contributed by atoms with van der Waals surface area (Å²) in [6.07, 6.45) is 4.60. The van der Waals surface area contributed by atoms with Crippen LogP contribution in [0.5, 0.6) is 0 Å². The number of amides is 1. The van der Waals surface area contributed by atoms with Crippen LogP contribution in [0.2, 0.25) is 5.02 Å². The van der Waals surface area contributed by atoms with Crippen LogP contribution in [0.25, 0.3) is 16.8 Å². The van der Waals surface area contributed by atoms with Gasteiger partial charge in [-0.1, -0.05) is 32.4 Å². The molecule has 0 fully saturated rings. The Kier molecular flexibility index (Phi) is 6.25. The smallest absolute Gasteiger partial charge is 0.335 e. The van der Waals surface area contributed by atoms with E-state index in [1.807, 2.05) is 39.0 Å². The van der Waals surface area contributed by atoms with Crippen LogP contribution in [0.4, 0.5) is 5.69 Å². The normalized spacial score (nSPS) is 14.9. The lowest BCUT2D eigenvalue weighted by Crippen LogP contribution is -2.22. The minimum absolute atomic E-state index is 0.168. The number of halogens is 1. The fraction of sp³-hybridized carbons (Fsp3) is 0.259. The molecule has 2 heterocycles. The fourth-order valence-electron chi connectivity index (χ4n) is 4.74. The molecule has 10 heteroatoms. The number of anilines is 1. The van der Waals surface area contributed by atoms with Gasteiger partial charge in [0, 0.05) is 28.0 Å². The Morgan fingerprint density at radius 1 is 1.14 bits per heavy atom. The summed E-state index contributed by atoms with van der Waals surface area (Å²) in [6, 6.07) is 12.4. The standard InChI is InChI=1S/C27H25ClN6O3/c1-27(2,3)22-12-18(6-8-19(22)26(36)37)31-25(35)20-7-4-15-10-16(13-29-24(15)20)21-11-17(28)5-9-23(21)34-14-30-32-33-34/h5-6,8-14,20H,4,7H2,1-3H3,(H,31,35)(H,36,37). The molecule has 1 aliphatic carbocycles. The molecule has 0 spiro atoms. The lowest BCUT2D eigenvalue weighted by Gasteiger charge is -2.22. The van der Waals surface area contributed by atoms with Crippen LogP contribution in [0.3, 0.4) is 0 Å². The highest BCUT2D eigenvalue weighted by Crippen LogP contribution is 2.37. The molecule has 188 valence electrons. The lowest BCUT2D eigenvalue weighted by atomic mass is 9.83. The molecule has 0 radical (unpaired) electrons. The van der Waals surface area contributed by atoms with Crippen molar-refractivity contribution in [2.24, 2.45) is 0 Å². The van der Waals surface area contributed by atoms with E-state index < -0.39 is 17.3 Å². The maximum absolute atomic E-state index is 13.3. The number of carbonyl (C=O) groups is 2. The second-order valence-electron chi connectivity index (χ2n) is 10.1. The number of tetrazole rings is 1. The molecule has 2 aromatic heterocycles. The van der Waals surface area contributed by atoms with Crippen molar-refractivity contribution < 1.29 is 14.7 Å². The lowest BCUT2D eigenvalue weighted by molar-refractivity contribution is -0.117. The van der Waals surface area contributed by atoms with Gasteiger partial charge in [0.05, 0.1) is 22.9 Å². The Bertz CT molecular complexity index is 1510. The predicted octanol–water partition coefficient (Wildman–Crippen LogP) is 5.04. The zero-order valence-corrected chi connectivity index (χ0v) is 21.3. The number of nitrogens with zero attached hydrogens (tertiary/aromatic N) is 5. The van der Waals surface area contributed by atoms with Gasteiger partial charge in [-0.2, -0.15) is 4.68 Å². The van der Waals surface area contributed by atoms with Crippen LogP contribution >= 0.6 is 11.6 Å². The summed E-state index contributed by atoms with van der Waals surface area (Å²) in [7, 11) is 0. The molecule has 1 amide bonds. The van der Waals surface area contributed by atoms with Crippen LogP contribution in [-0.4, -0.2) is 42.2 Å². The van der Waals surface area contributed by atoms with Crippen molar-refractivity contribution in [3.05, 3.63) is 82.4 Å². The molecule has 0 aliphatic heterocycles. The highest BCUT2D eigenvalue weighted by molar-refractivity contribution is 6.31. The van der Waals surface area contributed by atoms with Crippen molar-refractivity contribution in [2.45, 2.75) is 44.9 Å². The van der Waals surface area contributed by atoms with E-state index in [4.69, 9.17) is 11.6 Å². The van der Waals surface area contributed by atoms with E-state index >= 15 is 0 Å². The molecule has 1 atom stereocenters. The van der Waals surface area contributed by atoms with Gasteiger partial charge in [0.15, 0.2) is 0 Å². The third-order valence-electron chi connectivity index (χ3n) is 6.54. The molecular formula is C27H25ClN6O3. The molecule has 9 nitrogen and oxygen atoms in total. The first kappa shape index (κ1) is 24.6. The zero-order chi connectivity index (χ0) is 26.3. The number of carboxylic acid groups (broad SMARTS) is 1. The Morgan fingerprint density at radius 2 is 1.95 bits per heavy atom. The number of benzene rings is 2. The van der Waals surface area contributed by atoms with Crippen molar-refractivity contribution >= 4 is 29.2 Å². The van der Waals surface area contributed by atoms with Gasteiger partial charge in [0.1, 0.15) is 6.33 Å². The number of rotatable bonds is 5. The van der Waals surface area contributed by atoms with E-state index in [0.29, 0.717) is 29.1 Å². The van der Waals surface area contributed by atoms with E-state index in [1.165, 1.54) is 6.33 Å². The molecule has 0 bridgehead atoms. The predicted molar refractivity (Wildman–Crippen MR) is 139 cm³/mol. The average molecular weight is 517 g/mol. The number of hydrogen-bond donors (Lipinski definition) is 2. The number of pyridine rings is 1. The molecule has 1 aliphatic rings. The van der Waals surface area contributed by atoms with Crippen molar-refractivity contribution in [2.75, 3.05) is 5.32 Å². The summed E-state index contributed by atoms with van der Waals surface area (Å²) in [4.78, 5) is 29.6. The molecule has 37 heavy (non-hydrogen) atoms. The van der Waals surface area contributed by atoms with Gasteiger partial charge in [-0.15, -0.1) is 5.10 Å². The summed E-state index contributed by atoms with van der Waals surface area (Å²) in [6.45, 7) is 5.83. The molecule has 1 unspecified atom stereocenters. The number of aromatic carboxylic acids is 1. The third kappa shape index (κ3) is 4.82. The largest absolute Gasteiger partial charge is 0.478 e. The second-order valence-corrected chi connectivity index (χ2v) is 10.5. The molecule has 2 aromatic carbocycles. The summed E-state index contributed by atoms with van der Waals surface area (Å²) < 4.78 is 1.57. The van der Waals surface area contributed by atoms with Crippen molar-refractivity contribution in [1.82, 2.24) is 25.2 Å². The first-order valence-corrected chi connectivity index (χ1v) is 12.2. The van der Waals surface area contributed by atoms with Crippen LogP contribution in [0.15, 0.2) is 55.0 Å². The zero-order valence-electron chi connectivity index (χ0n) is 20.6. The third-order valence-corrected chi connectivity index (χ3v) is 6.78. The molecule has 4 aromatic rings. The maximum Gasteiger partial charge on any atom is 0.335 e. The van der Waals surface area contributed by atoms with Crippen LogP contribution in [0.1, 0.15) is 60.3 Å². The first-order chi connectivity index (χ1) is 17.6. The van der Waals surface area contributed by atoms with Gasteiger partial charge in [0.2, 0.25) is 5.91 Å². The molecule has 2 N–H and O–H groups in total. The fourth-order valence-corrected chi connectivity index (χ4v) is 4.92. The van der Waals surface area contributed by atoms with Gasteiger partial charge in [0.25, 0.3) is 0 Å². The number of nitrogens with one attached hydrogen (secondary N) is 1. The molecule has 5 rings (SSSR count). The summed E-state index contributed by atoms with van der Waals surface area (Å²) in [5, 5.41) is 24.5. The molecular weight excluding hydrogens is 492 g/mol. The van der Waals surface area contributed by atoms with Crippen molar-refractivity contribution in [3.63, 3.8) is 0 Å². The summed E-state index contributed by atoms with van der Waals surface area (Å²) >= 11 is 6.29. The quantitative estimate of drug-likeness (QED) is 0.381. The summed E-state index contributed by atoms with van der Waals surface area (Å²) in [5.74, 6) is -1.56. The van der Waals surface area contributed by atoms with Gasteiger partial charge in [-0.3, -0.25) is 9.78 Å². The average Bonchev–Trinajstić information content (AvgIpc) is 3.53. The minimum atomic E-state index is -0.990. The van der Waals surface area contributed by atoms with E-state index in [-0.39, 0.29) is 11.5 Å². The topological polar surface area (TPSA) is 123 Å². The number of aryl methyl sites for hydroxylation is 1. The monoisotopic (exact) mass is 516 g/mol. The van der Waals surface area contributed by atoms with Crippen LogP contribution in [-0.2, 0) is 16.6 Å². The highest BCUT2D eigenvalue weighted by atomic mass is 35.5. The Hall–Kier alpha value is -4.11. The second kappa shape index (κ2) is 9.40. The van der Waals surface area contributed by atoms with Crippen LogP contribution in [0, 0.1) is 0 Å². The van der Waals surface area contributed by atoms with E-state index in [1.54, 1.807) is 35.1 Å².